The molecular formula is C21H21BrN2O2S. The molecule has 0 radical (unpaired) electrons. The topological polar surface area (TPSA) is 58.2 Å². The summed E-state index contributed by atoms with van der Waals surface area (Å²) in [4.78, 5) is 0.267. The zero-order chi connectivity index (χ0) is 19.3. The van der Waals surface area contributed by atoms with Crippen LogP contribution in [0.5, 0.6) is 0 Å². The van der Waals surface area contributed by atoms with Gasteiger partial charge in [0.1, 0.15) is 0 Å². The molecule has 0 heterocycles. The molecule has 2 N–H and O–H groups in total. The third-order valence-electron chi connectivity index (χ3n) is 4.20. The lowest BCUT2D eigenvalue weighted by Gasteiger charge is -2.21. The number of benzene rings is 3. The van der Waals surface area contributed by atoms with Crippen LogP contribution in [0.1, 0.15) is 17.2 Å². The van der Waals surface area contributed by atoms with Crippen LogP contribution in [0.2, 0.25) is 0 Å². The first-order valence-corrected chi connectivity index (χ1v) is 10.8. The van der Waals surface area contributed by atoms with E-state index in [4.69, 9.17) is 0 Å². The molecule has 140 valence electrons. The molecule has 27 heavy (non-hydrogen) atoms. The molecule has 0 saturated carbocycles. The maximum Gasteiger partial charge on any atom is 0.240 e. The number of hydrogen-bond acceptors (Lipinski definition) is 3. The highest BCUT2D eigenvalue weighted by atomic mass is 79.9. The Balaban J connectivity index is 1.79. The van der Waals surface area contributed by atoms with Gasteiger partial charge in [0.2, 0.25) is 10.0 Å². The lowest BCUT2D eigenvalue weighted by atomic mass is 10.1. The van der Waals surface area contributed by atoms with Gasteiger partial charge in [0.25, 0.3) is 0 Å². The first-order chi connectivity index (χ1) is 12.9. The van der Waals surface area contributed by atoms with Gasteiger partial charge in [0.15, 0.2) is 0 Å². The molecule has 3 rings (SSSR count). The molecule has 0 aliphatic rings. The fourth-order valence-corrected chi connectivity index (χ4v) is 3.99. The molecule has 0 amide bonds. The minimum atomic E-state index is -3.58. The average molecular weight is 445 g/mol. The van der Waals surface area contributed by atoms with Crippen molar-refractivity contribution in [2.24, 2.45) is 0 Å². The van der Waals surface area contributed by atoms with E-state index in [9.17, 15) is 8.42 Å². The van der Waals surface area contributed by atoms with Crippen molar-refractivity contribution in [1.82, 2.24) is 4.72 Å². The third kappa shape index (κ3) is 5.42. The molecule has 0 spiro atoms. The molecule has 0 aliphatic carbocycles. The molecule has 0 aromatic heterocycles. The van der Waals surface area contributed by atoms with E-state index in [1.54, 1.807) is 24.3 Å². The lowest BCUT2D eigenvalue weighted by molar-refractivity contribution is 0.576. The van der Waals surface area contributed by atoms with E-state index in [1.807, 2.05) is 61.5 Å². The molecule has 0 unspecified atom stereocenters. The Labute approximate surface area is 168 Å². The maximum absolute atomic E-state index is 12.6. The van der Waals surface area contributed by atoms with E-state index in [-0.39, 0.29) is 17.5 Å². The standard InChI is InChI=1S/C21H21BrN2O2S/c1-16-7-13-20(14-8-16)27(25,26)23-15-21(17-5-3-2-4-6-17)24-19-11-9-18(22)10-12-19/h2-14,21,23-24H,15H2,1H3/t21-/m0/s1. The molecule has 1 atom stereocenters. The minimum Gasteiger partial charge on any atom is -0.377 e. The monoisotopic (exact) mass is 444 g/mol. The van der Waals surface area contributed by atoms with Crippen LogP contribution in [0, 0.1) is 6.92 Å². The number of anilines is 1. The smallest absolute Gasteiger partial charge is 0.240 e. The Kier molecular flexibility index (Phi) is 6.31. The highest BCUT2D eigenvalue weighted by Crippen LogP contribution is 2.22. The van der Waals surface area contributed by atoms with Crippen LogP contribution in [-0.4, -0.2) is 15.0 Å². The molecule has 0 bridgehead atoms. The van der Waals surface area contributed by atoms with Gasteiger partial charge in [-0.2, -0.15) is 0 Å². The summed E-state index contributed by atoms with van der Waals surface area (Å²) in [6, 6.07) is 24.2. The highest BCUT2D eigenvalue weighted by molar-refractivity contribution is 9.10. The summed E-state index contributed by atoms with van der Waals surface area (Å²) >= 11 is 3.42. The van der Waals surface area contributed by atoms with Gasteiger partial charge in [-0.25, -0.2) is 13.1 Å². The Morgan fingerprint density at radius 3 is 2.15 bits per heavy atom. The van der Waals surface area contributed by atoms with Crippen molar-refractivity contribution in [1.29, 1.82) is 0 Å². The lowest BCUT2D eigenvalue weighted by Crippen LogP contribution is -2.31. The second kappa shape index (κ2) is 8.69. The number of aryl methyl sites for hydroxylation is 1. The minimum absolute atomic E-state index is 0.201. The van der Waals surface area contributed by atoms with Gasteiger partial charge in [-0.05, 0) is 48.9 Å². The van der Waals surface area contributed by atoms with Crippen molar-refractivity contribution >= 4 is 31.6 Å². The molecular weight excluding hydrogens is 424 g/mol. The first kappa shape index (κ1) is 19.6. The summed E-state index contributed by atoms with van der Waals surface area (Å²) in [6.07, 6.45) is 0. The number of nitrogens with one attached hydrogen (secondary N) is 2. The van der Waals surface area contributed by atoms with E-state index in [0.29, 0.717) is 0 Å². The average Bonchev–Trinajstić information content (AvgIpc) is 2.68. The molecule has 4 nitrogen and oxygen atoms in total. The number of hydrogen-bond donors (Lipinski definition) is 2. The summed E-state index contributed by atoms with van der Waals surface area (Å²) in [6.45, 7) is 2.16. The molecule has 6 heteroatoms. The Morgan fingerprint density at radius 1 is 0.889 bits per heavy atom. The molecule has 0 aliphatic heterocycles. The second-order valence-electron chi connectivity index (χ2n) is 6.28. The van der Waals surface area contributed by atoms with Gasteiger partial charge in [-0.15, -0.1) is 0 Å². The summed E-state index contributed by atoms with van der Waals surface area (Å²) in [5.41, 5.74) is 2.95. The van der Waals surface area contributed by atoms with Gasteiger partial charge in [0, 0.05) is 16.7 Å². The third-order valence-corrected chi connectivity index (χ3v) is 6.16. The Hall–Kier alpha value is -2.15. The zero-order valence-corrected chi connectivity index (χ0v) is 17.3. The van der Waals surface area contributed by atoms with Gasteiger partial charge >= 0.3 is 0 Å². The van der Waals surface area contributed by atoms with E-state index in [0.717, 1.165) is 21.3 Å². The van der Waals surface area contributed by atoms with Gasteiger partial charge in [0.05, 0.1) is 10.9 Å². The largest absolute Gasteiger partial charge is 0.377 e. The van der Waals surface area contributed by atoms with Crippen molar-refractivity contribution in [2.45, 2.75) is 17.9 Å². The Morgan fingerprint density at radius 2 is 1.52 bits per heavy atom. The van der Waals surface area contributed by atoms with Gasteiger partial charge in [-0.1, -0.05) is 64.0 Å². The zero-order valence-electron chi connectivity index (χ0n) is 14.9. The van der Waals surface area contributed by atoms with Crippen LogP contribution in [0.25, 0.3) is 0 Å². The van der Waals surface area contributed by atoms with Crippen LogP contribution in [0.3, 0.4) is 0 Å². The van der Waals surface area contributed by atoms with E-state index in [2.05, 4.69) is 26.0 Å². The SMILES string of the molecule is Cc1ccc(S(=O)(=O)NC[C@H](Nc2ccc(Br)cc2)c2ccccc2)cc1. The summed E-state index contributed by atoms with van der Waals surface area (Å²) in [5.74, 6) is 0. The van der Waals surface area contributed by atoms with Crippen molar-refractivity contribution < 1.29 is 8.42 Å². The van der Waals surface area contributed by atoms with Crippen molar-refractivity contribution in [3.63, 3.8) is 0 Å². The number of rotatable bonds is 7. The molecule has 3 aromatic carbocycles. The fraction of sp³-hybridized carbons (Fsp3) is 0.143. The van der Waals surface area contributed by atoms with Crippen molar-refractivity contribution in [3.05, 3.63) is 94.5 Å². The van der Waals surface area contributed by atoms with Crippen LogP contribution in [-0.2, 0) is 10.0 Å². The fourth-order valence-electron chi connectivity index (χ4n) is 2.68. The predicted octanol–water partition coefficient (Wildman–Crippen LogP) is 4.89. The van der Waals surface area contributed by atoms with E-state index in [1.165, 1.54) is 0 Å². The van der Waals surface area contributed by atoms with Gasteiger partial charge in [-0.3, -0.25) is 0 Å². The normalized spacial score (nSPS) is 12.5. The van der Waals surface area contributed by atoms with Gasteiger partial charge < -0.3 is 5.32 Å². The molecule has 0 saturated heterocycles. The number of sulfonamides is 1. The van der Waals surface area contributed by atoms with Crippen LogP contribution in [0.15, 0.2) is 88.2 Å². The first-order valence-electron chi connectivity index (χ1n) is 8.57. The Bertz CT molecular complexity index is 973. The second-order valence-corrected chi connectivity index (χ2v) is 8.96. The highest BCUT2D eigenvalue weighted by Gasteiger charge is 2.18. The summed E-state index contributed by atoms with van der Waals surface area (Å²) in [5, 5.41) is 3.41. The molecule has 0 fully saturated rings. The predicted molar refractivity (Wildman–Crippen MR) is 113 cm³/mol. The molecule has 3 aromatic rings. The van der Waals surface area contributed by atoms with Crippen LogP contribution in [0.4, 0.5) is 5.69 Å². The van der Waals surface area contributed by atoms with Crippen LogP contribution < -0.4 is 10.0 Å². The van der Waals surface area contributed by atoms with Crippen molar-refractivity contribution in [3.8, 4) is 0 Å². The number of halogens is 1. The summed E-state index contributed by atoms with van der Waals surface area (Å²) in [7, 11) is -3.58. The summed E-state index contributed by atoms with van der Waals surface area (Å²) < 4.78 is 29.0. The van der Waals surface area contributed by atoms with Crippen LogP contribution >= 0.6 is 15.9 Å². The van der Waals surface area contributed by atoms with Crippen molar-refractivity contribution in [2.75, 3.05) is 11.9 Å². The van der Waals surface area contributed by atoms with E-state index < -0.39 is 10.0 Å². The maximum atomic E-state index is 12.6. The van der Waals surface area contributed by atoms with E-state index >= 15 is 0 Å². The quantitative estimate of drug-likeness (QED) is 0.545.